The van der Waals surface area contributed by atoms with Gasteiger partial charge < -0.3 is 14.2 Å². The van der Waals surface area contributed by atoms with Crippen LogP contribution in [0.15, 0.2) is 29.9 Å². The third-order valence-corrected chi connectivity index (χ3v) is 6.58. The molecule has 29 heavy (non-hydrogen) atoms. The molecule has 0 saturated heterocycles. The Morgan fingerprint density at radius 1 is 1.38 bits per heavy atom. The summed E-state index contributed by atoms with van der Waals surface area (Å²) in [7, 11) is 3.73. The van der Waals surface area contributed by atoms with Gasteiger partial charge in [-0.15, -0.1) is 0 Å². The normalized spacial score (nSPS) is 26.3. The van der Waals surface area contributed by atoms with E-state index in [0.717, 1.165) is 37.1 Å². The van der Waals surface area contributed by atoms with Gasteiger partial charge in [-0.3, -0.25) is 9.69 Å². The van der Waals surface area contributed by atoms with Crippen LogP contribution in [0.2, 0.25) is 0 Å². The van der Waals surface area contributed by atoms with Crippen LogP contribution in [0.4, 0.5) is 0 Å². The number of fused-ring (bicyclic) bond motifs is 2. The van der Waals surface area contributed by atoms with Gasteiger partial charge >= 0.3 is 0 Å². The number of carbonyl (C=O) groups excluding carboxylic acids is 1. The van der Waals surface area contributed by atoms with Gasteiger partial charge in [0, 0.05) is 24.6 Å². The zero-order chi connectivity index (χ0) is 20.5. The van der Waals surface area contributed by atoms with E-state index in [4.69, 9.17) is 14.2 Å². The van der Waals surface area contributed by atoms with Crippen LogP contribution in [-0.2, 0) is 11.2 Å². The second-order valence-electron chi connectivity index (χ2n) is 8.62. The molecule has 0 bridgehead atoms. The number of ether oxygens (including phenoxy) is 3. The van der Waals surface area contributed by atoms with Crippen molar-refractivity contribution in [3.63, 3.8) is 0 Å². The van der Waals surface area contributed by atoms with E-state index in [-0.39, 0.29) is 18.6 Å². The van der Waals surface area contributed by atoms with Crippen LogP contribution in [-0.4, -0.2) is 38.2 Å². The number of allylic oxidation sites excluding steroid dienone is 4. The van der Waals surface area contributed by atoms with Gasteiger partial charge in [-0.25, -0.2) is 0 Å². The summed E-state index contributed by atoms with van der Waals surface area (Å²) in [4.78, 5) is 15.1. The first-order valence-electron chi connectivity index (χ1n) is 10.5. The molecule has 0 saturated carbocycles. The van der Waals surface area contributed by atoms with Crippen molar-refractivity contribution in [2.75, 3.05) is 27.5 Å². The lowest BCUT2D eigenvalue weighted by atomic mass is 9.81. The monoisotopic (exact) mass is 397 g/mol. The molecular weight excluding hydrogens is 366 g/mol. The predicted molar refractivity (Wildman–Crippen MR) is 113 cm³/mol. The van der Waals surface area contributed by atoms with Crippen LogP contribution < -0.4 is 14.2 Å². The van der Waals surface area contributed by atoms with Crippen LogP contribution in [0.5, 0.6) is 17.2 Å². The first-order chi connectivity index (χ1) is 14.0. The Morgan fingerprint density at radius 2 is 2.21 bits per heavy atom. The van der Waals surface area contributed by atoms with Crippen molar-refractivity contribution >= 4 is 5.78 Å². The van der Waals surface area contributed by atoms with Crippen molar-refractivity contribution < 1.29 is 19.0 Å². The Hall–Kier alpha value is -2.27. The zero-order valence-electron chi connectivity index (χ0n) is 17.9. The van der Waals surface area contributed by atoms with Gasteiger partial charge in [0.05, 0.1) is 7.11 Å². The fourth-order valence-electron chi connectivity index (χ4n) is 4.85. The molecule has 0 N–H and O–H groups in total. The molecule has 0 amide bonds. The summed E-state index contributed by atoms with van der Waals surface area (Å²) in [5, 5.41) is 0. The maximum Gasteiger partial charge on any atom is 0.231 e. The number of nitrogens with zero attached hydrogens (tertiary/aromatic N) is 1. The number of carbonyl (C=O) groups is 1. The van der Waals surface area contributed by atoms with Crippen molar-refractivity contribution in [1.82, 2.24) is 4.90 Å². The van der Waals surface area contributed by atoms with Crippen LogP contribution >= 0.6 is 0 Å². The minimum absolute atomic E-state index is 0.0220. The largest absolute Gasteiger partial charge is 0.492 e. The molecule has 1 aromatic carbocycles. The first kappa shape index (κ1) is 20.0. The number of likely N-dealkylation sites (N-methyl/N-ethyl adjacent to an activating group) is 1. The highest BCUT2D eigenvalue weighted by atomic mass is 16.7. The van der Waals surface area contributed by atoms with E-state index in [1.54, 1.807) is 13.2 Å². The Morgan fingerprint density at radius 3 is 2.97 bits per heavy atom. The average Bonchev–Trinajstić information content (AvgIpc) is 3.16. The second kappa shape index (κ2) is 8.23. The molecule has 0 radical (unpaired) electrons. The molecular formula is C24H31NO4. The molecule has 2 aliphatic heterocycles. The van der Waals surface area contributed by atoms with Crippen molar-refractivity contribution in [2.24, 2.45) is 11.8 Å². The van der Waals surface area contributed by atoms with Gasteiger partial charge in [0.25, 0.3) is 0 Å². The summed E-state index contributed by atoms with van der Waals surface area (Å²) in [5.41, 5.74) is 3.71. The number of hydrogen-bond acceptors (Lipinski definition) is 5. The first-order valence-corrected chi connectivity index (χ1v) is 10.5. The smallest absolute Gasteiger partial charge is 0.231 e. The molecule has 1 aromatic rings. The van der Waals surface area contributed by atoms with Crippen molar-refractivity contribution in [2.45, 2.75) is 45.6 Å². The minimum atomic E-state index is -0.0220. The summed E-state index contributed by atoms with van der Waals surface area (Å²) in [6.07, 6.45) is 9.72. The van der Waals surface area contributed by atoms with E-state index in [1.807, 2.05) is 0 Å². The van der Waals surface area contributed by atoms with Crippen LogP contribution in [0.25, 0.3) is 0 Å². The van der Waals surface area contributed by atoms with Crippen LogP contribution in [0.1, 0.15) is 50.3 Å². The average molecular weight is 398 g/mol. The second-order valence-corrected chi connectivity index (χ2v) is 8.62. The Kier molecular flexibility index (Phi) is 5.68. The van der Waals surface area contributed by atoms with E-state index in [2.05, 4.69) is 44.0 Å². The van der Waals surface area contributed by atoms with Crippen LogP contribution in [0, 0.1) is 11.8 Å². The molecule has 0 aromatic heterocycles. The van der Waals surface area contributed by atoms with Gasteiger partial charge in [-0.05, 0) is 62.8 Å². The van der Waals surface area contributed by atoms with Crippen molar-refractivity contribution in [3.05, 3.63) is 41.0 Å². The number of ketones is 1. The number of methoxy groups -OCH3 is 1. The quantitative estimate of drug-likeness (QED) is 0.542. The zero-order valence-corrected chi connectivity index (χ0v) is 17.9. The minimum Gasteiger partial charge on any atom is -0.492 e. The highest BCUT2D eigenvalue weighted by Gasteiger charge is 2.34. The molecule has 5 nitrogen and oxygen atoms in total. The highest BCUT2D eigenvalue weighted by molar-refractivity contribution is 5.90. The van der Waals surface area contributed by atoms with E-state index < -0.39 is 0 Å². The lowest BCUT2D eigenvalue weighted by Crippen LogP contribution is -2.33. The molecule has 3 aliphatic rings. The predicted octanol–water partition coefficient (Wildman–Crippen LogP) is 4.46. The van der Waals surface area contributed by atoms with Gasteiger partial charge in [0.1, 0.15) is 0 Å². The maximum absolute atomic E-state index is 12.9. The molecule has 0 fully saturated rings. The number of rotatable bonds is 5. The number of benzene rings is 1. The fourth-order valence-corrected chi connectivity index (χ4v) is 4.85. The summed E-state index contributed by atoms with van der Waals surface area (Å²) in [6.45, 7) is 5.58. The summed E-state index contributed by atoms with van der Waals surface area (Å²) < 4.78 is 17.0. The van der Waals surface area contributed by atoms with Gasteiger partial charge in [-0.1, -0.05) is 24.6 Å². The summed E-state index contributed by atoms with van der Waals surface area (Å²) in [6, 6.07) is 2.03. The van der Waals surface area contributed by atoms with E-state index in [1.165, 1.54) is 11.1 Å². The summed E-state index contributed by atoms with van der Waals surface area (Å²) >= 11 is 0. The Balaban J connectivity index is 1.55. The van der Waals surface area contributed by atoms with Crippen molar-refractivity contribution in [3.8, 4) is 17.2 Å². The van der Waals surface area contributed by atoms with Gasteiger partial charge in [0.15, 0.2) is 17.3 Å². The summed E-state index contributed by atoms with van der Waals surface area (Å²) in [5.74, 6) is 3.31. The third kappa shape index (κ3) is 3.93. The lowest BCUT2D eigenvalue weighted by Gasteiger charge is -2.35. The van der Waals surface area contributed by atoms with Gasteiger partial charge in [-0.2, -0.15) is 0 Å². The molecule has 0 unspecified atom stereocenters. The standard InChI is InChI=1S/C24H31NO4/c1-15-5-6-17(16(2)11-15)7-8-19(26)13-20-22-18(9-10-25(20)3)12-21-23(24(22)27-4)29-14-28-21/h5,7-8,12,16-17,20H,6,9-11,13-14H2,1-4H3/b8-7+/t16-,17-,20+/m1/s1. The van der Waals surface area contributed by atoms with E-state index in [9.17, 15) is 4.79 Å². The topological polar surface area (TPSA) is 48.0 Å². The van der Waals surface area contributed by atoms with E-state index in [0.29, 0.717) is 29.8 Å². The fraction of sp³-hybridized carbons (Fsp3) is 0.542. The maximum atomic E-state index is 12.9. The molecule has 2 heterocycles. The third-order valence-electron chi connectivity index (χ3n) is 6.58. The molecule has 4 rings (SSSR count). The molecule has 3 atom stereocenters. The number of hydrogen-bond donors (Lipinski definition) is 0. The van der Waals surface area contributed by atoms with Crippen LogP contribution in [0.3, 0.4) is 0 Å². The Labute approximate surface area is 173 Å². The highest BCUT2D eigenvalue weighted by Crippen LogP contribution is 2.50. The van der Waals surface area contributed by atoms with Crippen molar-refractivity contribution in [1.29, 1.82) is 0 Å². The molecule has 156 valence electrons. The Bertz CT molecular complexity index is 857. The van der Waals surface area contributed by atoms with Gasteiger partial charge in [0.2, 0.25) is 12.5 Å². The molecule has 0 spiro atoms. The molecule has 1 aliphatic carbocycles. The lowest BCUT2D eigenvalue weighted by molar-refractivity contribution is -0.115. The van der Waals surface area contributed by atoms with E-state index >= 15 is 0 Å². The SMILES string of the molecule is COc1c2c(cc3c1[C@H](CC(=O)/C=C/[C@H]1CC=C(C)C[C@H]1C)N(C)CC3)OCO2. The molecule has 5 heteroatoms.